The van der Waals surface area contributed by atoms with Gasteiger partial charge in [-0.3, -0.25) is 10.1 Å². The molecule has 1 aliphatic rings. The van der Waals surface area contributed by atoms with Crippen LogP contribution in [0.2, 0.25) is 10.0 Å². The van der Waals surface area contributed by atoms with E-state index in [1.165, 1.54) is 23.1 Å². The van der Waals surface area contributed by atoms with Crippen molar-refractivity contribution >= 4 is 56.7 Å². The summed E-state index contributed by atoms with van der Waals surface area (Å²) in [5.74, 6) is 0.723. The number of carbonyl (C=O) groups excluding carboxylic acids is 1. The molecule has 0 unspecified atom stereocenters. The fourth-order valence-electron chi connectivity index (χ4n) is 2.73. The zero-order valence-corrected chi connectivity index (χ0v) is 16.2. The molecule has 0 saturated heterocycles. The highest BCUT2D eigenvalue weighted by Crippen LogP contribution is 2.44. The first kappa shape index (κ1) is 16.9. The molecule has 0 radical (unpaired) electrons. The number of hydrogen-bond acceptors (Lipinski definition) is 5. The van der Waals surface area contributed by atoms with Crippen molar-refractivity contribution in [3.8, 4) is 16.3 Å². The molecule has 2 aromatic heterocycles. The molecule has 4 rings (SSSR count). The highest BCUT2D eigenvalue weighted by molar-refractivity contribution is 8.13. The maximum atomic E-state index is 11.8. The number of hydrogen-bond donors (Lipinski definition) is 1. The highest BCUT2D eigenvalue weighted by atomic mass is 35.5. The second-order valence-corrected chi connectivity index (χ2v) is 8.42. The van der Waals surface area contributed by atoms with Crippen LogP contribution in [0.25, 0.3) is 16.3 Å². The van der Waals surface area contributed by atoms with Gasteiger partial charge in [-0.2, -0.15) is 5.10 Å². The van der Waals surface area contributed by atoms with Gasteiger partial charge in [0.15, 0.2) is 5.13 Å². The van der Waals surface area contributed by atoms with Gasteiger partial charge in [0.2, 0.25) is 0 Å². The average Bonchev–Trinajstić information content (AvgIpc) is 3.21. The first-order valence-electron chi connectivity index (χ1n) is 7.53. The van der Waals surface area contributed by atoms with Crippen molar-refractivity contribution < 1.29 is 4.79 Å². The van der Waals surface area contributed by atoms with E-state index >= 15 is 0 Å². The fourth-order valence-corrected chi connectivity index (χ4v) is 4.63. The molecule has 9 heteroatoms. The lowest BCUT2D eigenvalue weighted by atomic mass is 10.2. The second kappa shape index (κ2) is 6.64. The molecule has 0 bridgehead atoms. The van der Waals surface area contributed by atoms with Crippen LogP contribution in [0, 0.1) is 0 Å². The number of rotatable bonds is 3. The van der Waals surface area contributed by atoms with E-state index in [9.17, 15) is 4.79 Å². The van der Waals surface area contributed by atoms with Crippen LogP contribution < -0.4 is 5.32 Å². The van der Waals surface area contributed by atoms with Crippen molar-refractivity contribution in [3.05, 3.63) is 45.7 Å². The number of halogens is 2. The van der Waals surface area contributed by atoms with E-state index in [-0.39, 0.29) is 5.24 Å². The predicted molar refractivity (Wildman–Crippen MR) is 105 cm³/mol. The first-order chi connectivity index (χ1) is 12.1. The van der Waals surface area contributed by atoms with Crippen LogP contribution in [0.1, 0.15) is 18.2 Å². The summed E-state index contributed by atoms with van der Waals surface area (Å²) >= 11 is 15.1. The molecule has 0 saturated carbocycles. The minimum Gasteiger partial charge on any atom is -0.293 e. The Hall–Kier alpha value is -1.54. The number of fused-ring (bicyclic) bond motifs is 3. The van der Waals surface area contributed by atoms with Gasteiger partial charge in [-0.15, -0.1) is 0 Å². The smallest absolute Gasteiger partial charge is 0.285 e. The predicted octanol–water partition coefficient (Wildman–Crippen LogP) is 5.49. The van der Waals surface area contributed by atoms with Crippen LogP contribution in [0.3, 0.4) is 0 Å². The quantitative estimate of drug-likeness (QED) is 0.484. The molecule has 0 atom stereocenters. The number of carbonyl (C=O) groups is 1. The summed E-state index contributed by atoms with van der Waals surface area (Å²) in [6.45, 7) is 1.94. The van der Waals surface area contributed by atoms with Gasteiger partial charge in [0.25, 0.3) is 5.24 Å². The van der Waals surface area contributed by atoms with Gasteiger partial charge >= 0.3 is 0 Å². The lowest BCUT2D eigenvalue weighted by molar-refractivity contribution is 0.270. The number of benzene rings is 1. The van der Waals surface area contributed by atoms with Crippen molar-refractivity contribution in [1.82, 2.24) is 14.8 Å². The third kappa shape index (κ3) is 3.06. The molecular weight excluding hydrogens is 399 g/mol. The number of nitrogens with zero attached hydrogens (tertiary/aromatic N) is 3. The average molecular weight is 411 g/mol. The first-order valence-corrected chi connectivity index (χ1v) is 10.1. The fraction of sp³-hybridized carbons (Fsp3) is 0.188. The molecule has 5 nitrogen and oxygen atoms in total. The summed E-state index contributed by atoms with van der Waals surface area (Å²) in [4.78, 5) is 17.3. The Labute approximate surface area is 162 Å². The van der Waals surface area contributed by atoms with E-state index < -0.39 is 0 Å². The van der Waals surface area contributed by atoms with E-state index in [0.717, 1.165) is 33.3 Å². The molecule has 0 spiro atoms. The zero-order valence-electron chi connectivity index (χ0n) is 13.0. The van der Waals surface area contributed by atoms with Crippen molar-refractivity contribution in [1.29, 1.82) is 0 Å². The SMILES string of the molecule is CCSC(=O)Nc1nc2c(s1)-c1c(cnn1-c1cc(Cl)ccc1Cl)C2. The summed E-state index contributed by atoms with van der Waals surface area (Å²) in [5.41, 5.74) is 3.72. The Bertz CT molecular complexity index is 983. The number of aromatic nitrogens is 3. The Morgan fingerprint density at radius 1 is 1.44 bits per heavy atom. The lowest BCUT2D eigenvalue weighted by Gasteiger charge is -2.08. The number of thioether (sulfide) groups is 1. The maximum Gasteiger partial charge on any atom is 0.285 e. The Morgan fingerprint density at radius 2 is 2.28 bits per heavy atom. The molecule has 1 amide bonds. The van der Waals surface area contributed by atoms with Crippen LogP contribution >= 0.6 is 46.3 Å². The molecule has 3 aromatic rings. The molecule has 0 fully saturated rings. The zero-order chi connectivity index (χ0) is 17.6. The van der Waals surface area contributed by atoms with Crippen LogP contribution in [0.4, 0.5) is 9.93 Å². The lowest BCUT2D eigenvalue weighted by Crippen LogP contribution is -2.04. The molecular formula is C16H12Cl2N4OS2. The summed E-state index contributed by atoms with van der Waals surface area (Å²) in [5, 5.41) is 8.97. The molecule has 1 aliphatic carbocycles. The van der Waals surface area contributed by atoms with Crippen molar-refractivity contribution in [2.24, 2.45) is 0 Å². The van der Waals surface area contributed by atoms with Crippen molar-refractivity contribution in [2.45, 2.75) is 13.3 Å². The summed E-state index contributed by atoms with van der Waals surface area (Å²) in [7, 11) is 0. The Kier molecular flexibility index (Phi) is 4.49. The number of thiazole rings is 1. The Balaban J connectivity index is 1.74. The van der Waals surface area contributed by atoms with E-state index in [0.29, 0.717) is 21.6 Å². The highest BCUT2D eigenvalue weighted by Gasteiger charge is 2.29. The van der Waals surface area contributed by atoms with Gasteiger partial charge in [0.05, 0.1) is 33.2 Å². The van der Waals surface area contributed by atoms with E-state index in [1.807, 2.05) is 13.1 Å². The topological polar surface area (TPSA) is 59.8 Å². The molecule has 1 aromatic carbocycles. The standard InChI is InChI=1S/C16H12Cl2N4OS2/c1-2-24-16(23)21-15-20-11-5-8-7-19-22(13(8)14(11)25-15)12-6-9(17)3-4-10(12)18/h3-4,6-7H,2,5H2,1H3,(H,20,21,23). The largest absolute Gasteiger partial charge is 0.293 e. The van der Waals surface area contributed by atoms with Gasteiger partial charge in [-0.25, -0.2) is 9.67 Å². The van der Waals surface area contributed by atoms with E-state index in [4.69, 9.17) is 23.2 Å². The van der Waals surface area contributed by atoms with Gasteiger partial charge in [-0.1, -0.05) is 53.2 Å². The molecule has 128 valence electrons. The molecule has 0 aliphatic heterocycles. The minimum atomic E-state index is -0.0958. The third-order valence-corrected chi connectivity index (χ3v) is 5.96. The monoisotopic (exact) mass is 410 g/mol. The maximum absolute atomic E-state index is 11.8. The van der Waals surface area contributed by atoms with E-state index in [1.54, 1.807) is 22.9 Å². The number of anilines is 1. The minimum absolute atomic E-state index is 0.0958. The molecule has 2 heterocycles. The summed E-state index contributed by atoms with van der Waals surface area (Å²) in [6.07, 6.45) is 2.52. The summed E-state index contributed by atoms with van der Waals surface area (Å²) < 4.78 is 1.79. The second-order valence-electron chi connectivity index (χ2n) is 5.34. The van der Waals surface area contributed by atoms with Gasteiger partial charge in [0, 0.05) is 17.0 Å². The van der Waals surface area contributed by atoms with Crippen LogP contribution in [-0.4, -0.2) is 25.8 Å². The normalized spacial score (nSPS) is 12.1. The Morgan fingerprint density at radius 3 is 3.08 bits per heavy atom. The number of amides is 1. The van der Waals surface area contributed by atoms with Gasteiger partial charge in [0.1, 0.15) is 0 Å². The van der Waals surface area contributed by atoms with Crippen LogP contribution in [0.5, 0.6) is 0 Å². The molecule has 1 N–H and O–H groups in total. The van der Waals surface area contributed by atoms with Gasteiger partial charge < -0.3 is 0 Å². The van der Waals surface area contributed by atoms with Crippen molar-refractivity contribution in [3.63, 3.8) is 0 Å². The number of nitrogens with one attached hydrogen (secondary N) is 1. The molecule has 25 heavy (non-hydrogen) atoms. The third-order valence-electron chi connectivity index (χ3n) is 3.74. The summed E-state index contributed by atoms with van der Waals surface area (Å²) in [6, 6.07) is 5.29. The van der Waals surface area contributed by atoms with Gasteiger partial charge in [-0.05, 0) is 24.0 Å². The van der Waals surface area contributed by atoms with Crippen LogP contribution in [0.15, 0.2) is 24.4 Å². The van der Waals surface area contributed by atoms with Crippen LogP contribution in [-0.2, 0) is 6.42 Å². The van der Waals surface area contributed by atoms with Crippen molar-refractivity contribution in [2.75, 3.05) is 11.1 Å². The van der Waals surface area contributed by atoms with E-state index in [2.05, 4.69) is 15.4 Å².